The topological polar surface area (TPSA) is 70.1 Å². The number of ether oxygens (including phenoxy) is 1. The first-order chi connectivity index (χ1) is 13.7. The molecule has 1 N–H and O–H groups in total. The van der Waals surface area contributed by atoms with E-state index in [0.717, 1.165) is 49.9 Å². The van der Waals surface area contributed by atoms with Gasteiger partial charge in [-0.2, -0.15) is 0 Å². The van der Waals surface area contributed by atoms with E-state index >= 15 is 0 Å². The zero-order valence-electron chi connectivity index (χ0n) is 16.3. The van der Waals surface area contributed by atoms with Crippen molar-refractivity contribution in [3.63, 3.8) is 0 Å². The third-order valence-corrected chi connectivity index (χ3v) is 5.47. The Morgan fingerprint density at radius 3 is 2.71 bits per heavy atom. The van der Waals surface area contributed by atoms with Crippen LogP contribution in [0.25, 0.3) is 0 Å². The molecule has 0 bridgehead atoms. The number of benzene rings is 1. The summed E-state index contributed by atoms with van der Waals surface area (Å²) in [5, 5.41) is 3.34. The average molecular weight is 379 g/mol. The molecule has 1 saturated heterocycles. The predicted octanol–water partition coefficient (Wildman–Crippen LogP) is 2.88. The number of aliphatic imine (C=N–C) groups is 1. The lowest BCUT2D eigenvalue weighted by Crippen LogP contribution is -2.47. The van der Waals surface area contributed by atoms with E-state index < -0.39 is 0 Å². The first-order valence-electron chi connectivity index (χ1n) is 9.59. The molecule has 7 heteroatoms. The maximum absolute atomic E-state index is 11.5. The van der Waals surface area contributed by atoms with Gasteiger partial charge >= 0.3 is 5.97 Å². The first kappa shape index (κ1) is 18.4. The van der Waals surface area contributed by atoms with Crippen molar-refractivity contribution in [1.29, 1.82) is 0 Å². The van der Waals surface area contributed by atoms with E-state index in [9.17, 15) is 4.79 Å². The van der Waals surface area contributed by atoms with Crippen molar-refractivity contribution >= 4 is 29.4 Å². The highest BCUT2D eigenvalue weighted by molar-refractivity contribution is 5.89. The van der Waals surface area contributed by atoms with Gasteiger partial charge in [-0.15, -0.1) is 0 Å². The number of carbonyl (C=O) groups excluding carboxylic acids is 1. The summed E-state index contributed by atoms with van der Waals surface area (Å²) < 4.78 is 4.73. The second-order valence-electron chi connectivity index (χ2n) is 7.06. The molecule has 3 heterocycles. The predicted molar refractivity (Wildman–Crippen MR) is 111 cm³/mol. The Kier molecular flexibility index (Phi) is 5.25. The molecular weight excluding hydrogens is 354 g/mol. The number of anilines is 2. The summed E-state index contributed by atoms with van der Waals surface area (Å²) in [5.41, 5.74) is 3.88. The van der Waals surface area contributed by atoms with Gasteiger partial charge in [0.15, 0.2) is 0 Å². The van der Waals surface area contributed by atoms with Crippen LogP contribution in [0.4, 0.5) is 17.2 Å². The molecule has 0 amide bonds. The molecule has 1 atom stereocenters. The summed E-state index contributed by atoms with van der Waals surface area (Å²) in [6.45, 7) is 6.76. The SMILES string of the molecule is COC(=O)c1ccc(N2CCN(C(C)c3ccc4c(c3)N=CCN4)CC2)nc1. The number of rotatable bonds is 4. The maximum atomic E-state index is 11.5. The summed E-state index contributed by atoms with van der Waals surface area (Å²) in [6, 6.07) is 10.5. The molecule has 0 saturated carbocycles. The highest BCUT2D eigenvalue weighted by Crippen LogP contribution is 2.32. The molecule has 146 valence electrons. The summed E-state index contributed by atoms with van der Waals surface area (Å²) in [7, 11) is 1.38. The number of nitrogens with zero attached hydrogens (tertiary/aromatic N) is 4. The van der Waals surface area contributed by atoms with Gasteiger partial charge in [-0.25, -0.2) is 9.78 Å². The van der Waals surface area contributed by atoms with Crippen LogP contribution in [0.3, 0.4) is 0 Å². The fourth-order valence-electron chi connectivity index (χ4n) is 3.73. The highest BCUT2D eigenvalue weighted by atomic mass is 16.5. The zero-order valence-corrected chi connectivity index (χ0v) is 16.3. The number of esters is 1. The molecule has 0 aliphatic carbocycles. The third kappa shape index (κ3) is 3.71. The van der Waals surface area contributed by atoms with Crippen molar-refractivity contribution in [1.82, 2.24) is 9.88 Å². The van der Waals surface area contributed by atoms with E-state index in [2.05, 4.69) is 50.2 Å². The molecule has 28 heavy (non-hydrogen) atoms. The molecule has 2 aromatic rings. The number of hydrogen-bond donors (Lipinski definition) is 1. The van der Waals surface area contributed by atoms with E-state index in [-0.39, 0.29) is 5.97 Å². The van der Waals surface area contributed by atoms with Crippen LogP contribution < -0.4 is 10.2 Å². The summed E-state index contributed by atoms with van der Waals surface area (Å²) >= 11 is 0. The second-order valence-corrected chi connectivity index (χ2v) is 7.06. The molecular formula is C21H25N5O2. The van der Waals surface area contributed by atoms with Crippen LogP contribution in [-0.2, 0) is 4.74 Å². The number of hydrogen-bond acceptors (Lipinski definition) is 7. The molecule has 1 aromatic carbocycles. The molecule has 0 radical (unpaired) electrons. The second kappa shape index (κ2) is 7.98. The Morgan fingerprint density at radius 2 is 2.00 bits per heavy atom. The molecule has 1 unspecified atom stereocenters. The van der Waals surface area contributed by atoms with Gasteiger partial charge in [0, 0.05) is 44.6 Å². The van der Waals surface area contributed by atoms with Crippen LogP contribution in [0.2, 0.25) is 0 Å². The van der Waals surface area contributed by atoms with Gasteiger partial charge in [0.25, 0.3) is 0 Å². The minimum Gasteiger partial charge on any atom is -0.465 e. The fourth-order valence-corrected chi connectivity index (χ4v) is 3.73. The standard InChI is InChI=1S/C21H25N5O2/c1-15(16-3-5-18-19(13-16)23-8-7-22-18)25-9-11-26(12-10-25)20-6-4-17(14-24-20)21(27)28-2/h3-6,8,13-15,22H,7,9-12H2,1-2H3. The quantitative estimate of drug-likeness (QED) is 0.824. The van der Waals surface area contributed by atoms with E-state index in [1.165, 1.54) is 12.7 Å². The molecule has 0 spiro atoms. The minimum atomic E-state index is -0.359. The molecule has 2 aliphatic rings. The van der Waals surface area contributed by atoms with Crippen molar-refractivity contribution in [2.75, 3.05) is 50.1 Å². The van der Waals surface area contributed by atoms with Gasteiger partial charge in [0.1, 0.15) is 5.82 Å². The minimum absolute atomic E-state index is 0.333. The van der Waals surface area contributed by atoms with Crippen LogP contribution in [0.5, 0.6) is 0 Å². The van der Waals surface area contributed by atoms with E-state index in [0.29, 0.717) is 11.6 Å². The van der Waals surface area contributed by atoms with Crippen LogP contribution in [0, 0.1) is 0 Å². The number of pyridine rings is 1. The lowest BCUT2D eigenvalue weighted by Gasteiger charge is -2.38. The summed E-state index contributed by atoms with van der Waals surface area (Å²) in [5.74, 6) is 0.538. The number of fused-ring (bicyclic) bond motifs is 1. The zero-order chi connectivity index (χ0) is 19.5. The molecule has 2 aliphatic heterocycles. The number of aromatic nitrogens is 1. The molecule has 7 nitrogen and oxygen atoms in total. The lowest BCUT2D eigenvalue weighted by molar-refractivity contribution is 0.0600. The summed E-state index contributed by atoms with van der Waals surface area (Å²) in [6.07, 6.45) is 3.49. The fraction of sp³-hybridized carbons (Fsp3) is 0.381. The van der Waals surface area contributed by atoms with Gasteiger partial charge in [-0.3, -0.25) is 9.89 Å². The molecule has 4 rings (SSSR count). The number of carbonyl (C=O) groups is 1. The van der Waals surface area contributed by atoms with E-state index in [1.807, 2.05) is 12.3 Å². The Hall–Kier alpha value is -2.93. The van der Waals surface area contributed by atoms with Crippen LogP contribution in [0.15, 0.2) is 41.5 Å². The van der Waals surface area contributed by atoms with Crippen molar-refractivity contribution in [2.24, 2.45) is 4.99 Å². The van der Waals surface area contributed by atoms with Gasteiger partial charge in [-0.1, -0.05) is 6.07 Å². The van der Waals surface area contributed by atoms with Gasteiger partial charge in [0.2, 0.25) is 0 Å². The van der Waals surface area contributed by atoms with E-state index in [1.54, 1.807) is 12.3 Å². The first-order valence-corrected chi connectivity index (χ1v) is 9.59. The number of piperazine rings is 1. The van der Waals surface area contributed by atoms with Crippen molar-refractivity contribution < 1.29 is 9.53 Å². The number of nitrogens with one attached hydrogen (secondary N) is 1. The van der Waals surface area contributed by atoms with Gasteiger partial charge in [0.05, 0.1) is 30.6 Å². The van der Waals surface area contributed by atoms with E-state index in [4.69, 9.17) is 4.74 Å². The van der Waals surface area contributed by atoms with Crippen molar-refractivity contribution in [3.8, 4) is 0 Å². The Bertz CT molecular complexity index is 873. The highest BCUT2D eigenvalue weighted by Gasteiger charge is 2.23. The van der Waals surface area contributed by atoms with Gasteiger partial charge < -0.3 is 15.0 Å². The van der Waals surface area contributed by atoms with Crippen LogP contribution in [-0.4, -0.2) is 61.9 Å². The third-order valence-electron chi connectivity index (χ3n) is 5.47. The Morgan fingerprint density at radius 1 is 1.18 bits per heavy atom. The van der Waals surface area contributed by atoms with Gasteiger partial charge in [-0.05, 0) is 36.8 Å². The Labute approximate surface area is 165 Å². The maximum Gasteiger partial charge on any atom is 0.339 e. The smallest absolute Gasteiger partial charge is 0.339 e. The number of methoxy groups -OCH3 is 1. The molecule has 1 fully saturated rings. The normalized spacial score (nSPS) is 17.6. The van der Waals surface area contributed by atoms with Crippen molar-refractivity contribution in [3.05, 3.63) is 47.7 Å². The lowest BCUT2D eigenvalue weighted by atomic mass is 10.0. The average Bonchev–Trinajstić information content (AvgIpc) is 2.78. The largest absolute Gasteiger partial charge is 0.465 e. The van der Waals surface area contributed by atoms with Crippen molar-refractivity contribution in [2.45, 2.75) is 13.0 Å². The molecule has 1 aromatic heterocycles. The summed E-state index contributed by atoms with van der Waals surface area (Å²) in [4.78, 5) is 25.2. The Balaban J connectivity index is 1.38. The monoisotopic (exact) mass is 379 g/mol. The van der Waals surface area contributed by atoms with Crippen LogP contribution >= 0.6 is 0 Å². The van der Waals surface area contributed by atoms with Crippen LogP contribution in [0.1, 0.15) is 28.9 Å².